The number of benzene rings is 2. The molecular weight excluding hydrogens is 300 g/mol. The predicted octanol–water partition coefficient (Wildman–Crippen LogP) is 3.94. The van der Waals surface area contributed by atoms with Gasteiger partial charge in [0.2, 0.25) is 11.9 Å². The molecule has 0 atom stereocenters. The van der Waals surface area contributed by atoms with Gasteiger partial charge in [0.25, 0.3) is 0 Å². The summed E-state index contributed by atoms with van der Waals surface area (Å²) in [5.74, 6) is 0.551. The van der Waals surface area contributed by atoms with Crippen molar-refractivity contribution in [3.63, 3.8) is 0 Å². The minimum atomic E-state index is -0.125. The fourth-order valence-corrected chi connectivity index (χ4v) is 2.46. The van der Waals surface area contributed by atoms with Crippen molar-refractivity contribution in [2.45, 2.75) is 6.92 Å². The highest BCUT2D eigenvalue weighted by molar-refractivity contribution is 6.30. The van der Waals surface area contributed by atoms with E-state index in [-0.39, 0.29) is 5.91 Å². The number of nitrogens with one attached hydrogen (secondary N) is 2. The van der Waals surface area contributed by atoms with Crippen LogP contribution in [0.3, 0.4) is 0 Å². The molecule has 1 amide bonds. The molecule has 0 fully saturated rings. The molecule has 0 radical (unpaired) electrons. The number of H-pyrrole nitrogens is 1. The van der Waals surface area contributed by atoms with E-state index < -0.39 is 0 Å². The maximum atomic E-state index is 11.3. The Kier molecular flexibility index (Phi) is 3.73. The fourth-order valence-electron chi connectivity index (χ4n) is 2.28. The molecule has 3 aromatic rings. The first-order chi connectivity index (χ1) is 10.5. The highest BCUT2D eigenvalue weighted by Crippen LogP contribution is 2.28. The number of amides is 1. The van der Waals surface area contributed by atoms with Gasteiger partial charge < -0.3 is 15.2 Å². The Morgan fingerprint density at radius 3 is 2.77 bits per heavy atom. The number of para-hydroxylation sites is 1. The molecule has 3 rings (SSSR count). The Labute approximate surface area is 132 Å². The maximum Gasteiger partial charge on any atom is 0.221 e. The van der Waals surface area contributed by atoms with Crippen molar-refractivity contribution in [3.8, 4) is 0 Å². The molecule has 0 aliphatic carbocycles. The molecule has 0 aliphatic heterocycles. The van der Waals surface area contributed by atoms with Gasteiger partial charge in [0.1, 0.15) is 5.52 Å². The molecule has 6 heteroatoms. The highest BCUT2D eigenvalue weighted by atomic mass is 35.5. The minimum absolute atomic E-state index is 0.125. The summed E-state index contributed by atoms with van der Waals surface area (Å²) in [6.45, 7) is 1.48. The van der Waals surface area contributed by atoms with Crippen LogP contribution in [0.4, 0.5) is 17.3 Å². The van der Waals surface area contributed by atoms with Crippen molar-refractivity contribution in [1.82, 2.24) is 9.97 Å². The third-order valence-electron chi connectivity index (χ3n) is 3.32. The van der Waals surface area contributed by atoms with Crippen LogP contribution in [0, 0.1) is 0 Å². The molecule has 0 aliphatic rings. The third kappa shape index (κ3) is 2.76. The summed E-state index contributed by atoms with van der Waals surface area (Å²) in [4.78, 5) is 21.0. The average Bonchev–Trinajstić information content (AvgIpc) is 2.91. The Morgan fingerprint density at radius 2 is 2.05 bits per heavy atom. The molecular formula is C16H15ClN4O. The van der Waals surface area contributed by atoms with Crippen LogP contribution < -0.4 is 10.2 Å². The number of rotatable bonds is 3. The monoisotopic (exact) mass is 314 g/mol. The van der Waals surface area contributed by atoms with Crippen LogP contribution in [-0.4, -0.2) is 22.9 Å². The summed E-state index contributed by atoms with van der Waals surface area (Å²) in [6.07, 6.45) is 0. The lowest BCUT2D eigenvalue weighted by Crippen LogP contribution is -2.10. The topological polar surface area (TPSA) is 61.0 Å². The summed E-state index contributed by atoms with van der Waals surface area (Å²) in [7, 11) is 1.90. The lowest BCUT2D eigenvalue weighted by Gasteiger charge is -2.15. The van der Waals surface area contributed by atoms with E-state index in [9.17, 15) is 4.79 Å². The lowest BCUT2D eigenvalue weighted by molar-refractivity contribution is -0.114. The summed E-state index contributed by atoms with van der Waals surface area (Å²) >= 11 is 6.03. The van der Waals surface area contributed by atoms with Crippen LogP contribution >= 0.6 is 11.6 Å². The second-order valence-corrected chi connectivity index (χ2v) is 5.42. The van der Waals surface area contributed by atoms with E-state index in [1.54, 1.807) is 0 Å². The van der Waals surface area contributed by atoms with Crippen molar-refractivity contribution >= 4 is 45.9 Å². The van der Waals surface area contributed by atoms with E-state index in [1.165, 1.54) is 6.92 Å². The van der Waals surface area contributed by atoms with Crippen molar-refractivity contribution in [2.75, 3.05) is 17.3 Å². The van der Waals surface area contributed by atoms with E-state index in [2.05, 4.69) is 15.3 Å². The Morgan fingerprint density at radius 1 is 1.27 bits per heavy atom. The van der Waals surface area contributed by atoms with Crippen molar-refractivity contribution < 1.29 is 4.79 Å². The molecule has 0 saturated carbocycles. The molecule has 0 unspecified atom stereocenters. The average molecular weight is 315 g/mol. The van der Waals surface area contributed by atoms with Gasteiger partial charge in [-0.15, -0.1) is 0 Å². The fraction of sp³-hybridized carbons (Fsp3) is 0.125. The summed E-state index contributed by atoms with van der Waals surface area (Å²) < 4.78 is 0. The number of hydrogen-bond donors (Lipinski definition) is 2. The second-order valence-electron chi connectivity index (χ2n) is 4.98. The molecule has 1 aromatic heterocycles. The van der Waals surface area contributed by atoms with Crippen molar-refractivity contribution in [3.05, 3.63) is 47.5 Å². The zero-order valence-electron chi connectivity index (χ0n) is 12.2. The first-order valence-corrected chi connectivity index (χ1v) is 7.18. The van der Waals surface area contributed by atoms with E-state index in [0.29, 0.717) is 16.7 Å². The van der Waals surface area contributed by atoms with Crippen LogP contribution in [0.15, 0.2) is 42.5 Å². The maximum absolute atomic E-state index is 11.3. The van der Waals surface area contributed by atoms with Gasteiger partial charge in [-0.3, -0.25) is 4.79 Å². The molecule has 1 heterocycles. The number of aromatic amines is 1. The molecule has 22 heavy (non-hydrogen) atoms. The summed E-state index contributed by atoms with van der Waals surface area (Å²) in [5.41, 5.74) is 3.19. The summed E-state index contributed by atoms with van der Waals surface area (Å²) in [5, 5.41) is 3.45. The Balaban J connectivity index is 2.03. The van der Waals surface area contributed by atoms with Gasteiger partial charge in [-0.2, -0.15) is 0 Å². The number of nitrogens with zero attached hydrogens (tertiary/aromatic N) is 2. The smallest absolute Gasteiger partial charge is 0.221 e. The predicted molar refractivity (Wildman–Crippen MR) is 89.9 cm³/mol. The number of hydrogen-bond acceptors (Lipinski definition) is 3. The number of imidazole rings is 1. The van der Waals surface area contributed by atoms with Crippen molar-refractivity contribution in [2.24, 2.45) is 0 Å². The molecule has 2 aromatic carbocycles. The molecule has 0 bridgehead atoms. The minimum Gasteiger partial charge on any atom is -0.324 e. The van der Waals surface area contributed by atoms with Crippen molar-refractivity contribution in [1.29, 1.82) is 0 Å². The van der Waals surface area contributed by atoms with Crippen LogP contribution in [0.25, 0.3) is 11.0 Å². The van der Waals surface area contributed by atoms with Gasteiger partial charge in [0, 0.05) is 24.7 Å². The van der Waals surface area contributed by atoms with Crippen LogP contribution in [-0.2, 0) is 4.79 Å². The van der Waals surface area contributed by atoms with Crippen LogP contribution in [0.2, 0.25) is 5.02 Å². The number of carbonyl (C=O) groups is 1. The van der Waals surface area contributed by atoms with Gasteiger partial charge >= 0.3 is 0 Å². The largest absolute Gasteiger partial charge is 0.324 e. The normalized spacial score (nSPS) is 10.7. The zero-order chi connectivity index (χ0) is 15.7. The quantitative estimate of drug-likeness (QED) is 0.769. The van der Waals surface area contributed by atoms with Crippen LogP contribution in [0.1, 0.15) is 6.92 Å². The van der Waals surface area contributed by atoms with Gasteiger partial charge in [-0.25, -0.2) is 4.98 Å². The first-order valence-electron chi connectivity index (χ1n) is 6.80. The van der Waals surface area contributed by atoms with Gasteiger partial charge in [-0.05, 0) is 30.3 Å². The number of carbonyl (C=O) groups excluding carboxylic acids is 1. The molecule has 0 spiro atoms. The lowest BCUT2D eigenvalue weighted by atomic mass is 10.2. The molecule has 5 nitrogen and oxygen atoms in total. The van der Waals surface area contributed by atoms with Gasteiger partial charge in [0.15, 0.2) is 0 Å². The Hall–Kier alpha value is -2.53. The molecule has 112 valence electrons. The molecule has 2 N–H and O–H groups in total. The number of fused-ring (bicyclic) bond motifs is 1. The Bertz CT molecular complexity index is 843. The number of anilines is 3. The van der Waals surface area contributed by atoms with E-state index in [1.807, 2.05) is 54.4 Å². The van der Waals surface area contributed by atoms with Gasteiger partial charge in [0.05, 0.1) is 11.2 Å². The standard InChI is InChI=1S/C16H15ClN4O/c1-10(22)18-13-7-4-8-14-15(13)20-16(19-14)21(2)12-6-3-5-11(17)9-12/h3-9H,1-2H3,(H,18,22)(H,19,20). The first kappa shape index (κ1) is 14.4. The zero-order valence-corrected chi connectivity index (χ0v) is 13.0. The van der Waals surface area contributed by atoms with E-state index in [0.717, 1.165) is 16.7 Å². The highest BCUT2D eigenvalue weighted by Gasteiger charge is 2.12. The number of halogens is 1. The SMILES string of the molecule is CC(=O)Nc1cccc2[nH]c(N(C)c3cccc(Cl)c3)nc12. The molecule has 0 saturated heterocycles. The van der Waals surface area contributed by atoms with E-state index >= 15 is 0 Å². The van der Waals surface area contributed by atoms with Gasteiger partial charge in [-0.1, -0.05) is 23.7 Å². The second kappa shape index (κ2) is 5.69. The van der Waals surface area contributed by atoms with E-state index in [4.69, 9.17) is 11.6 Å². The third-order valence-corrected chi connectivity index (χ3v) is 3.56. The summed E-state index contributed by atoms with van der Waals surface area (Å²) in [6, 6.07) is 13.1. The van der Waals surface area contributed by atoms with Crippen LogP contribution in [0.5, 0.6) is 0 Å². The number of aromatic nitrogens is 2.